The van der Waals surface area contributed by atoms with Gasteiger partial charge in [0.15, 0.2) is 0 Å². The summed E-state index contributed by atoms with van der Waals surface area (Å²) in [5.41, 5.74) is 1.50. The highest BCUT2D eigenvalue weighted by Gasteiger charge is 2.51. The molecule has 0 amide bonds. The zero-order chi connectivity index (χ0) is 13.6. The third-order valence-corrected chi connectivity index (χ3v) is 3.74. The molecule has 1 aromatic rings. The minimum absolute atomic E-state index is 0.0693. The van der Waals surface area contributed by atoms with Crippen molar-refractivity contribution in [2.75, 3.05) is 0 Å². The van der Waals surface area contributed by atoms with Gasteiger partial charge in [0.05, 0.1) is 5.92 Å². The van der Waals surface area contributed by atoms with Crippen LogP contribution >= 0.6 is 0 Å². The Bertz CT molecular complexity index is 449. The molecule has 1 aromatic carbocycles. The average molecular weight is 246 g/mol. The molecule has 0 N–H and O–H groups in total. The summed E-state index contributed by atoms with van der Waals surface area (Å²) in [6, 6.07) is 7.82. The maximum atomic E-state index is 11.8. The molecule has 0 radical (unpaired) electrons. The number of carbonyl (C=O) groups is 1. The van der Waals surface area contributed by atoms with Crippen LogP contribution in [0.1, 0.15) is 46.6 Å². The minimum atomic E-state index is -0.0940. The van der Waals surface area contributed by atoms with Gasteiger partial charge in [-0.2, -0.15) is 0 Å². The topological polar surface area (TPSA) is 26.3 Å². The molecule has 0 heterocycles. The first-order chi connectivity index (χ1) is 8.20. The summed E-state index contributed by atoms with van der Waals surface area (Å²) in [5.74, 6) is 0.624. The standard InChI is InChI=1S/C16H22O2/c1-15(2,3)11-6-8-12(9-7-11)18-14(17)13-10-16(13,4)5/h6-9,13H,10H2,1-5H3. The molecule has 2 nitrogen and oxygen atoms in total. The molecule has 18 heavy (non-hydrogen) atoms. The molecule has 0 aromatic heterocycles. The summed E-state index contributed by atoms with van der Waals surface area (Å²) in [6.45, 7) is 10.7. The zero-order valence-corrected chi connectivity index (χ0v) is 11.9. The fourth-order valence-corrected chi connectivity index (χ4v) is 2.08. The van der Waals surface area contributed by atoms with Gasteiger partial charge in [0, 0.05) is 0 Å². The maximum Gasteiger partial charge on any atom is 0.314 e. The van der Waals surface area contributed by atoms with E-state index in [2.05, 4.69) is 34.6 Å². The SMILES string of the molecule is CC(C)(C)c1ccc(OC(=O)C2CC2(C)C)cc1. The molecule has 2 heteroatoms. The molecular weight excluding hydrogens is 224 g/mol. The van der Waals surface area contributed by atoms with Gasteiger partial charge in [-0.1, -0.05) is 46.8 Å². The van der Waals surface area contributed by atoms with E-state index in [-0.39, 0.29) is 22.7 Å². The second-order valence-electron chi connectivity index (χ2n) is 6.94. The van der Waals surface area contributed by atoms with Gasteiger partial charge in [-0.15, -0.1) is 0 Å². The van der Waals surface area contributed by atoms with Gasteiger partial charge in [0.2, 0.25) is 0 Å². The summed E-state index contributed by atoms with van der Waals surface area (Å²) < 4.78 is 5.40. The van der Waals surface area contributed by atoms with E-state index in [1.807, 2.05) is 24.3 Å². The summed E-state index contributed by atoms with van der Waals surface area (Å²) in [6.07, 6.45) is 0.936. The van der Waals surface area contributed by atoms with Crippen LogP contribution in [0.25, 0.3) is 0 Å². The van der Waals surface area contributed by atoms with Gasteiger partial charge in [-0.05, 0) is 34.9 Å². The maximum absolute atomic E-state index is 11.8. The van der Waals surface area contributed by atoms with Gasteiger partial charge < -0.3 is 4.74 Å². The Morgan fingerprint density at radius 1 is 1.22 bits per heavy atom. The van der Waals surface area contributed by atoms with Crippen LogP contribution in [0, 0.1) is 11.3 Å². The number of rotatable bonds is 2. The van der Waals surface area contributed by atoms with Crippen molar-refractivity contribution in [3.05, 3.63) is 29.8 Å². The lowest BCUT2D eigenvalue weighted by Crippen LogP contribution is -2.14. The predicted octanol–water partition coefficient (Wildman–Crippen LogP) is 3.94. The Morgan fingerprint density at radius 3 is 2.11 bits per heavy atom. The van der Waals surface area contributed by atoms with Gasteiger partial charge in [-0.3, -0.25) is 4.79 Å². The molecule has 98 valence electrons. The molecule has 0 bridgehead atoms. The van der Waals surface area contributed by atoms with E-state index in [4.69, 9.17) is 4.74 Å². The Hall–Kier alpha value is -1.31. The van der Waals surface area contributed by atoms with Crippen molar-refractivity contribution in [2.45, 2.75) is 46.5 Å². The van der Waals surface area contributed by atoms with Crippen LogP contribution in [-0.2, 0) is 10.2 Å². The highest BCUT2D eigenvalue weighted by molar-refractivity contribution is 5.79. The third-order valence-electron chi connectivity index (χ3n) is 3.74. The van der Waals surface area contributed by atoms with Crippen LogP contribution in [0.15, 0.2) is 24.3 Å². The molecular formula is C16H22O2. The first-order valence-corrected chi connectivity index (χ1v) is 6.52. The summed E-state index contributed by atoms with van der Waals surface area (Å²) in [7, 11) is 0. The Balaban J connectivity index is 2.01. The summed E-state index contributed by atoms with van der Waals surface area (Å²) >= 11 is 0. The van der Waals surface area contributed by atoms with Gasteiger partial charge in [0.1, 0.15) is 5.75 Å². The Labute approximate surface area is 109 Å². The van der Waals surface area contributed by atoms with E-state index in [0.29, 0.717) is 5.75 Å². The van der Waals surface area contributed by atoms with Crippen LogP contribution in [0.4, 0.5) is 0 Å². The Morgan fingerprint density at radius 2 is 1.72 bits per heavy atom. The van der Waals surface area contributed by atoms with E-state index >= 15 is 0 Å². The van der Waals surface area contributed by atoms with Crippen molar-refractivity contribution in [3.63, 3.8) is 0 Å². The smallest absolute Gasteiger partial charge is 0.314 e. The number of hydrogen-bond donors (Lipinski definition) is 0. The molecule has 1 unspecified atom stereocenters. The van der Waals surface area contributed by atoms with Crippen LogP contribution < -0.4 is 4.74 Å². The fraction of sp³-hybridized carbons (Fsp3) is 0.562. The van der Waals surface area contributed by atoms with Crippen LogP contribution in [0.2, 0.25) is 0 Å². The lowest BCUT2D eigenvalue weighted by atomic mass is 9.87. The van der Waals surface area contributed by atoms with Gasteiger partial charge in [0.25, 0.3) is 0 Å². The van der Waals surface area contributed by atoms with Crippen LogP contribution in [0.3, 0.4) is 0 Å². The van der Waals surface area contributed by atoms with Crippen molar-refractivity contribution >= 4 is 5.97 Å². The molecule has 1 aliphatic rings. The van der Waals surface area contributed by atoms with Crippen molar-refractivity contribution in [1.29, 1.82) is 0 Å². The Kier molecular flexibility index (Phi) is 3.00. The number of ether oxygens (including phenoxy) is 1. The van der Waals surface area contributed by atoms with Crippen molar-refractivity contribution in [2.24, 2.45) is 11.3 Å². The molecule has 0 aliphatic heterocycles. The van der Waals surface area contributed by atoms with E-state index < -0.39 is 0 Å². The van der Waals surface area contributed by atoms with E-state index in [1.54, 1.807) is 0 Å². The normalized spacial score (nSPS) is 21.5. The van der Waals surface area contributed by atoms with Gasteiger partial charge >= 0.3 is 5.97 Å². The number of esters is 1. The first-order valence-electron chi connectivity index (χ1n) is 6.52. The van der Waals surface area contributed by atoms with E-state index in [9.17, 15) is 4.79 Å². The number of benzene rings is 1. The van der Waals surface area contributed by atoms with E-state index in [1.165, 1.54) is 5.56 Å². The first kappa shape index (κ1) is 13.1. The molecule has 1 fully saturated rings. The number of carbonyl (C=O) groups excluding carboxylic acids is 1. The molecule has 0 spiro atoms. The van der Waals surface area contributed by atoms with Gasteiger partial charge in [-0.25, -0.2) is 0 Å². The number of hydrogen-bond acceptors (Lipinski definition) is 2. The summed E-state index contributed by atoms with van der Waals surface area (Å²) in [5, 5.41) is 0. The highest BCUT2D eigenvalue weighted by atomic mass is 16.5. The quantitative estimate of drug-likeness (QED) is 0.583. The lowest BCUT2D eigenvalue weighted by Gasteiger charge is -2.19. The van der Waals surface area contributed by atoms with E-state index in [0.717, 1.165) is 6.42 Å². The minimum Gasteiger partial charge on any atom is -0.426 e. The molecule has 0 saturated heterocycles. The van der Waals surface area contributed by atoms with Crippen molar-refractivity contribution in [1.82, 2.24) is 0 Å². The van der Waals surface area contributed by atoms with Crippen molar-refractivity contribution < 1.29 is 9.53 Å². The predicted molar refractivity (Wildman–Crippen MR) is 72.7 cm³/mol. The molecule has 1 saturated carbocycles. The summed E-state index contributed by atoms with van der Waals surface area (Å²) in [4.78, 5) is 11.8. The van der Waals surface area contributed by atoms with Crippen LogP contribution in [0.5, 0.6) is 5.75 Å². The monoisotopic (exact) mass is 246 g/mol. The fourth-order valence-electron chi connectivity index (χ4n) is 2.08. The molecule has 1 atom stereocenters. The highest BCUT2D eigenvalue weighted by Crippen LogP contribution is 2.52. The molecule has 1 aliphatic carbocycles. The largest absolute Gasteiger partial charge is 0.426 e. The van der Waals surface area contributed by atoms with Crippen molar-refractivity contribution in [3.8, 4) is 5.75 Å². The molecule has 2 rings (SSSR count). The second kappa shape index (κ2) is 4.11. The second-order valence-corrected chi connectivity index (χ2v) is 6.94. The van der Waals surface area contributed by atoms with Crippen LogP contribution in [-0.4, -0.2) is 5.97 Å². The zero-order valence-electron chi connectivity index (χ0n) is 11.9. The average Bonchev–Trinajstić information content (AvgIpc) is 2.87. The third kappa shape index (κ3) is 2.74. The lowest BCUT2D eigenvalue weighted by molar-refractivity contribution is -0.136.